The van der Waals surface area contributed by atoms with E-state index in [0.29, 0.717) is 5.75 Å². The molecule has 1 heterocycles. The smallest absolute Gasteiger partial charge is 0.258 e. The molecule has 5 heteroatoms. The molecule has 2 rings (SSSR count). The van der Waals surface area contributed by atoms with Crippen LogP contribution in [-0.2, 0) is 9.59 Å². The Morgan fingerprint density at radius 3 is 2.73 bits per heavy atom. The molecule has 1 aliphatic heterocycles. The molecule has 1 aliphatic rings. The van der Waals surface area contributed by atoms with Crippen molar-refractivity contribution in [3.63, 3.8) is 0 Å². The van der Waals surface area contributed by atoms with Gasteiger partial charge in [0, 0.05) is 12.6 Å². The third kappa shape index (κ3) is 4.48. The minimum atomic E-state index is -0.521. The Hall–Kier alpha value is -2.04. The van der Waals surface area contributed by atoms with E-state index in [0.717, 1.165) is 25.8 Å². The second-order valence-electron chi connectivity index (χ2n) is 5.77. The first-order chi connectivity index (χ1) is 10.6. The summed E-state index contributed by atoms with van der Waals surface area (Å²) in [6.45, 7) is 4.48. The fourth-order valence-electron chi connectivity index (χ4n) is 2.68. The maximum Gasteiger partial charge on any atom is 0.258 e. The highest BCUT2D eigenvalue weighted by Gasteiger charge is 2.27. The van der Waals surface area contributed by atoms with E-state index in [2.05, 4.69) is 12.2 Å². The Bertz CT molecular complexity index is 504. The zero-order chi connectivity index (χ0) is 15.9. The molecule has 0 aromatic heterocycles. The van der Waals surface area contributed by atoms with Crippen LogP contribution in [0.3, 0.4) is 0 Å². The molecule has 2 amide bonds. The number of likely N-dealkylation sites (tertiary alicyclic amines) is 1. The van der Waals surface area contributed by atoms with E-state index in [9.17, 15) is 9.59 Å². The van der Waals surface area contributed by atoms with Gasteiger partial charge in [0.2, 0.25) is 5.91 Å². The summed E-state index contributed by atoms with van der Waals surface area (Å²) in [5, 5.41) is 2.71. The third-order valence-electron chi connectivity index (χ3n) is 3.95. The second kappa shape index (κ2) is 7.82. The molecular weight excluding hydrogens is 280 g/mol. The van der Waals surface area contributed by atoms with Crippen molar-refractivity contribution in [1.82, 2.24) is 10.2 Å². The minimum absolute atomic E-state index is 0.0136. The van der Waals surface area contributed by atoms with Crippen molar-refractivity contribution < 1.29 is 14.3 Å². The van der Waals surface area contributed by atoms with Crippen molar-refractivity contribution in [2.45, 2.75) is 45.2 Å². The van der Waals surface area contributed by atoms with Crippen LogP contribution in [0.4, 0.5) is 0 Å². The molecule has 2 unspecified atom stereocenters. The lowest BCUT2D eigenvalue weighted by atomic mass is 10.0. The monoisotopic (exact) mass is 304 g/mol. The van der Waals surface area contributed by atoms with Crippen LogP contribution in [0.5, 0.6) is 5.75 Å². The summed E-state index contributed by atoms with van der Waals surface area (Å²) < 4.78 is 5.38. The number of carbonyl (C=O) groups is 2. The fraction of sp³-hybridized carbons (Fsp3) is 0.529. The van der Waals surface area contributed by atoms with Crippen LogP contribution in [-0.4, -0.2) is 41.9 Å². The molecule has 0 bridgehead atoms. The summed E-state index contributed by atoms with van der Waals surface area (Å²) in [6, 6.07) is 8.88. The molecule has 120 valence electrons. The van der Waals surface area contributed by atoms with Gasteiger partial charge in [-0.25, -0.2) is 0 Å². The summed E-state index contributed by atoms with van der Waals surface area (Å²) in [5.74, 6) is 0.343. The molecule has 5 nitrogen and oxygen atoms in total. The average molecular weight is 304 g/mol. The molecule has 0 radical (unpaired) electrons. The number of amides is 2. The van der Waals surface area contributed by atoms with Gasteiger partial charge in [-0.3, -0.25) is 9.59 Å². The largest absolute Gasteiger partial charge is 0.484 e. The average Bonchev–Trinajstić information content (AvgIpc) is 2.53. The Kier molecular flexibility index (Phi) is 5.81. The van der Waals surface area contributed by atoms with Crippen LogP contribution in [0.2, 0.25) is 0 Å². The van der Waals surface area contributed by atoms with Crippen molar-refractivity contribution in [3.8, 4) is 5.75 Å². The van der Waals surface area contributed by atoms with Gasteiger partial charge in [0.05, 0.1) is 0 Å². The molecule has 1 aromatic carbocycles. The van der Waals surface area contributed by atoms with Crippen molar-refractivity contribution in [2.75, 3.05) is 13.2 Å². The lowest BCUT2D eigenvalue weighted by Crippen LogP contribution is -2.52. The van der Waals surface area contributed by atoms with E-state index in [1.54, 1.807) is 19.1 Å². The van der Waals surface area contributed by atoms with Gasteiger partial charge in [0.1, 0.15) is 11.8 Å². The summed E-state index contributed by atoms with van der Waals surface area (Å²) in [6.07, 6.45) is 3.23. The summed E-state index contributed by atoms with van der Waals surface area (Å²) in [4.78, 5) is 26.1. The van der Waals surface area contributed by atoms with E-state index >= 15 is 0 Å². The number of hydrogen-bond donors (Lipinski definition) is 1. The number of carbonyl (C=O) groups excluding carboxylic acids is 2. The number of nitrogens with one attached hydrogen (secondary N) is 1. The normalized spacial score (nSPS) is 19.4. The number of benzene rings is 1. The number of nitrogens with zero attached hydrogens (tertiary/aromatic N) is 1. The van der Waals surface area contributed by atoms with E-state index in [4.69, 9.17) is 4.74 Å². The number of piperidine rings is 1. The van der Waals surface area contributed by atoms with Gasteiger partial charge in [-0.1, -0.05) is 18.2 Å². The van der Waals surface area contributed by atoms with Crippen molar-refractivity contribution in [3.05, 3.63) is 30.3 Å². The molecule has 0 aliphatic carbocycles. The SMILES string of the molecule is CC(NC(=O)COc1ccccc1)C(=O)N1CCCCC1C. The fourth-order valence-corrected chi connectivity index (χ4v) is 2.68. The number of ether oxygens (including phenoxy) is 1. The highest BCUT2D eigenvalue weighted by Crippen LogP contribution is 2.17. The quantitative estimate of drug-likeness (QED) is 0.905. The lowest BCUT2D eigenvalue weighted by molar-refractivity contribution is -0.139. The zero-order valence-electron chi connectivity index (χ0n) is 13.2. The van der Waals surface area contributed by atoms with Crippen LogP contribution in [0.25, 0.3) is 0 Å². The second-order valence-corrected chi connectivity index (χ2v) is 5.77. The lowest BCUT2D eigenvalue weighted by Gasteiger charge is -2.35. The number of para-hydroxylation sites is 1. The first-order valence-electron chi connectivity index (χ1n) is 7.85. The summed E-state index contributed by atoms with van der Waals surface area (Å²) >= 11 is 0. The third-order valence-corrected chi connectivity index (χ3v) is 3.95. The molecule has 1 fully saturated rings. The standard InChI is InChI=1S/C17H24N2O3/c1-13-8-6-7-11-19(13)17(21)14(2)18-16(20)12-22-15-9-4-3-5-10-15/h3-5,9-10,13-14H,6-8,11-12H2,1-2H3,(H,18,20). The van der Waals surface area contributed by atoms with Crippen molar-refractivity contribution >= 4 is 11.8 Å². The highest BCUT2D eigenvalue weighted by molar-refractivity contribution is 5.88. The van der Waals surface area contributed by atoms with E-state index in [-0.39, 0.29) is 24.5 Å². The topological polar surface area (TPSA) is 58.6 Å². The van der Waals surface area contributed by atoms with Gasteiger partial charge in [-0.05, 0) is 45.2 Å². The van der Waals surface area contributed by atoms with Gasteiger partial charge in [-0.2, -0.15) is 0 Å². The van der Waals surface area contributed by atoms with Crippen LogP contribution in [0.1, 0.15) is 33.1 Å². The maximum absolute atomic E-state index is 12.4. The van der Waals surface area contributed by atoms with Gasteiger partial charge in [0.25, 0.3) is 5.91 Å². The van der Waals surface area contributed by atoms with Gasteiger partial charge < -0.3 is 15.0 Å². The molecule has 1 aromatic rings. The van der Waals surface area contributed by atoms with Crippen LogP contribution in [0, 0.1) is 0 Å². The Morgan fingerprint density at radius 2 is 2.05 bits per heavy atom. The predicted octanol–water partition coefficient (Wildman–Crippen LogP) is 1.97. The molecule has 2 atom stereocenters. The van der Waals surface area contributed by atoms with Crippen LogP contribution >= 0.6 is 0 Å². The minimum Gasteiger partial charge on any atom is -0.484 e. The van der Waals surface area contributed by atoms with Gasteiger partial charge in [0.15, 0.2) is 6.61 Å². The maximum atomic E-state index is 12.4. The van der Waals surface area contributed by atoms with Crippen molar-refractivity contribution in [1.29, 1.82) is 0 Å². The van der Waals surface area contributed by atoms with Gasteiger partial charge in [-0.15, -0.1) is 0 Å². The molecular formula is C17H24N2O3. The predicted molar refractivity (Wildman–Crippen MR) is 84.6 cm³/mol. The van der Waals surface area contributed by atoms with Gasteiger partial charge >= 0.3 is 0 Å². The first kappa shape index (κ1) is 16.3. The Morgan fingerprint density at radius 1 is 1.32 bits per heavy atom. The summed E-state index contributed by atoms with van der Waals surface area (Å²) in [7, 11) is 0. The van der Waals surface area contributed by atoms with E-state index < -0.39 is 6.04 Å². The van der Waals surface area contributed by atoms with Crippen LogP contribution < -0.4 is 10.1 Å². The zero-order valence-corrected chi connectivity index (χ0v) is 13.2. The molecule has 0 spiro atoms. The molecule has 22 heavy (non-hydrogen) atoms. The van der Waals surface area contributed by atoms with E-state index in [1.165, 1.54) is 0 Å². The molecule has 1 saturated heterocycles. The van der Waals surface area contributed by atoms with E-state index in [1.807, 2.05) is 23.1 Å². The Balaban J connectivity index is 1.79. The van der Waals surface area contributed by atoms with Crippen LogP contribution in [0.15, 0.2) is 30.3 Å². The summed E-state index contributed by atoms with van der Waals surface area (Å²) in [5.41, 5.74) is 0. The Labute approximate surface area is 131 Å². The number of hydrogen-bond acceptors (Lipinski definition) is 3. The van der Waals surface area contributed by atoms with Crippen molar-refractivity contribution in [2.24, 2.45) is 0 Å². The molecule has 0 saturated carbocycles. The number of rotatable bonds is 5. The first-order valence-corrected chi connectivity index (χ1v) is 7.85. The molecule has 1 N–H and O–H groups in total. The highest BCUT2D eigenvalue weighted by atomic mass is 16.5.